The summed E-state index contributed by atoms with van der Waals surface area (Å²) in [7, 11) is 3.89. The molecule has 0 aromatic carbocycles. The maximum Gasteiger partial charge on any atom is 0.0718 e. The van der Waals surface area contributed by atoms with E-state index in [4.69, 9.17) is 9.47 Å². The zero-order valence-corrected chi connectivity index (χ0v) is 9.82. The van der Waals surface area contributed by atoms with E-state index in [1.54, 1.807) is 7.11 Å². The first-order valence-corrected chi connectivity index (χ1v) is 5.46. The van der Waals surface area contributed by atoms with Gasteiger partial charge in [0.05, 0.1) is 19.3 Å². The molecule has 1 aliphatic rings. The standard InChI is InChI=1S/C11H23NO2/c1-9(2)11-7-10(8-12(11)3)14-6-5-13-4/h9-11H,5-8H2,1-4H3/t10-,11-/m0/s1. The Labute approximate surface area is 87.4 Å². The van der Waals surface area contributed by atoms with E-state index in [0.29, 0.717) is 18.8 Å². The molecule has 0 radical (unpaired) electrons. The lowest BCUT2D eigenvalue weighted by molar-refractivity contribution is 0.0229. The van der Waals surface area contributed by atoms with Gasteiger partial charge >= 0.3 is 0 Å². The molecule has 0 unspecified atom stereocenters. The average Bonchev–Trinajstić information content (AvgIpc) is 2.47. The Balaban J connectivity index is 2.24. The van der Waals surface area contributed by atoms with Crippen molar-refractivity contribution in [2.75, 3.05) is 33.9 Å². The number of likely N-dealkylation sites (tertiary alicyclic amines) is 1. The molecule has 14 heavy (non-hydrogen) atoms. The minimum absolute atomic E-state index is 0.405. The largest absolute Gasteiger partial charge is 0.382 e. The van der Waals surface area contributed by atoms with Crippen molar-refractivity contribution in [3.05, 3.63) is 0 Å². The van der Waals surface area contributed by atoms with Crippen LogP contribution in [0.1, 0.15) is 20.3 Å². The second kappa shape index (κ2) is 5.69. The minimum Gasteiger partial charge on any atom is -0.382 e. The first-order valence-electron chi connectivity index (χ1n) is 5.46. The fourth-order valence-electron chi connectivity index (χ4n) is 2.18. The molecular formula is C11H23NO2. The zero-order chi connectivity index (χ0) is 10.6. The van der Waals surface area contributed by atoms with E-state index in [1.807, 2.05) is 0 Å². The van der Waals surface area contributed by atoms with Gasteiger partial charge in [0.15, 0.2) is 0 Å². The molecule has 0 bridgehead atoms. The van der Waals surface area contributed by atoms with Gasteiger partial charge in [-0.2, -0.15) is 0 Å². The molecular weight excluding hydrogens is 178 g/mol. The van der Waals surface area contributed by atoms with Gasteiger partial charge < -0.3 is 14.4 Å². The molecule has 2 atom stereocenters. The van der Waals surface area contributed by atoms with E-state index in [2.05, 4.69) is 25.8 Å². The van der Waals surface area contributed by atoms with Gasteiger partial charge in [0.2, 0.25) is 0 Å². The molecule has 0 N–H and O–H groups in total. The third-order valence-corrected chi connectivity index (χ3v) is 2.97. The van der Waals surface area contributed by atoms with E-state index in [1.165, 1.54) is 0 Å². The normalized spacial score (nSPS) is 28.9. The first-order chi connectivity index (χ1) is 6.65. The van der Waals surface area contributed by atoms with Crippen LogP contribution in [0.5, 0.6) is 0 Å². The van der Waals surface area contributed by atoms with Crippen LogP contribution in [0.4, 0.5) is 0 Å². The Bertz CT molecular complexity index is 161. The van der Waals surface area contributed by atoms with Crippen molar-refractivity contribution in [2.45, 2.75) is 32.4 Å². The van der Waals surface area contributed by atoms with Gasteiger partial charge in [-0.25, -0.2) is 0 Å². The maximum atomic E-state index is 5.73. The van der Waals surface area contributed by atoms with Crippen LogP contribution < -0.4 is 0 Å². The van der Waals surface area contributed by atoms with Gasteiger partial charge in [0.25, 0.3) is 0 Å². The Morgan fingerprint density at radius 2 is 2.07 bits per heavy atom. The molecule has 0 spiro atoms. The summed E-state index contributed by atoms with van der Waals surface area (Å²) in [5, 5.41) is 0. The lowest BCUT2D eigenvalue weighted by atomic mass is 10.0. The van der Waals surface area contributed by atoms with Crippen molar-refractivity contribution in [1.29, 1.82) is 0 Å². The number of nitrogens with zero attached hydrogens (tertiary/aromatic N) is 1. The second-order valence-electron chi connectivity index (χ2n) is 4.47. The van der Waals surface area contributed by atoms with E-state index in [0.717, 1.165) is 25.5 Å². The summed E-state index contributed by atoms with van der Waals surface area (Å²) in [5.74, 6) is 0.719. The monoisotopic (exact) mass is 201 g/mol. The van der Waals surface area contributed by atoms with Gasteiger partial charge in [-0.15, -0.1) is 0 Å². The topological polar surface area (TPSA) is 21.7 Å². The molecule has 0 aromatic rings. The van der Waals surface area contributed by atoms with Gasteiger partial charge in [-0.1, -0.05) is 13.8 Å². The van der Waals surface area contributed by atoms with Crippen molar-refractivity contribution in [2.24, 2.45) is 5.92 Å². The number of hydrogen-bond donors (Lipinski definition) is 0. The molecule has 3 nitrogen and oxygen atoms in total. The van der Waals surface area contributed by atoms with Gasteiger partial charge in [-0.3, -0.25) is 0 Å². The van der Waals surface area contributed by atoms with Crippen molar-refractivity contribution in [3.63, 3.8) is 0 Å². The number of hydrogen-bond acceptors (Lipinski definition) is 3. The van der Waals surface area contributed by atoms with E-state index in [9.17, 15) is 0 Å². The molecule has 1 aliphatic heterocycles. The molecule has 3 heteroatoms. The van der Waals surface area contributed by atoms with Crippen LogP contribution in [0, 0.1) is 5.92 Å². The highest BCUT2D eigenvalue weighted by atomic mass is 16.5. The van der Waals surface area contributed by atoms with E-state index in [-0.39, 0.29) is 0 Å². The Hall–Kier alpha value is -0.120. The van der Waals surface area contributed by atoms with E-state index >= 15 is 0 Å². The highest BCUT2D eigenvalue weighted by molar-refractivity contribution is 4.85. The molecule has 1 fully saturated rings. The van der Waals surface area contributed by atoms with Crippen LogP contribution in [0.3, 0.4) is 0 Å². The Morgan fingerprint density at radius 1 is 1.36 bits per heavy atom. The van der Waals surface area contributed by atoms with Crippen LogP contribution in [-0.2, 0) is 9.47 Å². The molecule has 84 valence electrons. The van der Waals surface area contributed by atoms with Gasteiger partial charge in [0.1, 0.15) is 0 Å². The SMILES string of the molecule is COCCO[C@H]1C[C@@H](C(C)C)N(C)C1. The van der Waals surface area contributed by atoms with Crippen molar-refractivity contribution >= 4 is 0 Å². The Morgan fingerprint density at radius 3 is 2.57 bits per heavy atom. The molecule has 0 aromatic heterocycles. The third kappa shape index (κ3) is 3.23. The molecule has 0 aliphatic carbocycles. The molecule has 1 rings (SSSR count). The number of likely N-dealkylation sites (N-methyl/N-ethyl adjacent to an activating group) is 1. The van der Waals surface area contributed by atoms with Crippen molar-refractivity contribution < 1.29 is 9.47 Å². The fraction of sp³-hybridized carbons (Fsp3) is 1.00. The summed E-state index contributed by atoms with van der Waals surface area (Å²) in [6, 6.07) is 0.683. The summed E-state index contributed by atoms with van der Waals surface area (Å²) in [5.41, 5.74) is 0. The quantitative estimate of drug-likeness (QED) is 0.627. The van der Waals surface area contributed by atoms with Crippen LogP contribution in [-0.4, -0.2) is 51.0 Å². The lowest BCUT2D eigenvalue weighted by Crippen LogP contribution is -2.29. The fourth-order valence-corrected chi connectivity index (χ4v) is 2.18. The molecule has 0 amide bonds. The average molecular weight is 201 g/mol. The zero-order valence-electron chi connectivity index (χ0n) is 9.82. The summed E-state index contributed by atoms with van der Waals surface area (Å²) in [6.45, 7) is 7.04. The maximum absolute atomic E-state index is 5.73. The van der Waals surface area contributed by atoms with Crippen molar-refractivity contribution in [1.82, 2.24) is 4.90 Å². The smallest absolute Gasteiger partial charge is 0.0718 e. The summed E-state index contributed by atoms with van der Waals surface area (Å²) < 4.78 is 10.7. The number of methoxy groups -OCH3 is 1. The predicted octanol–water partition coefficient (Wildman–Crippen LogP) is 1.38. The molecule has 1 heterocycles. The number of rotatable bonds is 5. The van der Waals surface area contributed by atoms with Gasteiger partial charge in [-0.05, 0) is 19.4 Å². The highest BCUT2D eigenvalue weighted by Gasteiger charge is 2.31. The van der Waals surface area contributed by atoms with Gasteiger partial charge in [0, 0.05) is 19.7 Å². The van der Waals surface area contributed by atoms with Crippen LogP contribution in [0.15, 0.2) is 0 Å². The lowest BCUT2D eigenvalue weighted by Gasteiger charge is -2.22. The third-order valence-electron chi connectivity index (χ3n) is 2.97. The summed E-state index contributed by atoms with van der Waals surface area (Å²) in [6.07, 6.45) is 1.57. The minimum atomic E-state index is 0.405. The van der Waals surface area contributed by atoms with E-state index < -0.39 is 0 Å². The second-order valence-corrected chi connectivity index (χ2v) is 4.47. The summed E-state index contributed by atoms with van der Waals surface area (Å²) >= 11 is 0. The first kappa shape index (κ1) is 12.0. The Kier molecular flexibility index (Phi) is 4.85. The molecule has 0 saturated carbocycles. The van der Waals surface area contributed by atoms with Crippen LogP contribution >= 0.6 is 0 Å². The van der Waals surface area contributed by atoms with Crippen LogP contribution in [0.2, 0.25) is 0 Å². The van der Waals surface area contributed by atoms with Crippen molar-refractivity contribution in [3.8, 4) is 0 Å². The molecule has 1 saturated heterocycles. The highest BCUT2D eigenvalue weighted by Crippen LogP contribution is 2.24. The number of ether oxygens (including phenoxy) is 2. The van der Waals surface area contributed by atoms with Crippen LogP contribution in [0.25, 0.3) is 0 Å². The summed E-state index contributed by atoms with van der Waals surface area (Å²) in [4.78, 5) is 2.40. The predicted molar refractivity (Wildman–Crippen MR) is 57.5 cm³/mol.